The summed E-state index contributed by atoms with van der Waals surface area (Å²) in [5.41, 5.74) is 1.31. The molecule has 0 spiro atoms. The maximum Gasteiger partial charge on any atom is 0.251 e. The molecule has 0 saturated heterocycles. The summed E-state index contributed by atoms with van der Waals surface area (Å²) >= 11 is 0. The largest absolute Gasteiger partial charge is 0.490 e. The molecule has 2 heterocycles. The molecule has 126 valence electrons. The number of benzene rings is 1. The zero-order valence-electron chi connectivity index (χ0n) is 13.4. The van der Waals surface area contributed by atoms with Crippen molar-refractivity contribution in [3.63, 3.8) is 0 Å². The molecule has 0 radical (unpaired) electrons. The molecule has 2 aromatic heterocycles. The standard InChI is InChI=1S/C18H16N4O3/c1-2-11-24-15-5-3-14(4-6-15)18(23)20-12-16-21-17(22-25-16)13-7-9-19-10-8-13/h2-10H,1,11-12H2,(H,20,23). The molecule has 0 aliphatic heterocycles. The summed E-state index contributed by atoms with van der Waals surface area (Å²) in [5.74, 6) is 1.22. The monoisotopic (exact) mass is 336 g/mol. The highest BCUT2D eigenvalue weighted by Gasteiger charge is 2.11. The Morgan fingerprint density at radius 1 is 1.20 bits per heavy atom. The Balaban J connectivity index is 1.57. The molecule has 1 aromatic carbocycles. The van der Waals surface area contributed by atoms with Crippen LogP contribution in [0, 0.1) is 0 Å². The minimum absolute atomic E-state index is 0.144. The molecule has 1 amide bonds. The highest BCUT2D eigenvalue weighted by atomic mass is 16.5. The molecule has 1 N–H and O–H groups in total. The fraction of sp³-hybridized carbons (Fsp3) is 0.111. The number of nitrogens with zero attached hydrogens (tertiary/aromatic N) is 3. The molecule has 0 aliphatic carbocycles. The van der Waals surface area contributed by atoms with Crippen molar-refractivity contribution in [2.75, 3.05) is 6.61 Å². The number of carbonyl (C=O) groups excluding carboxylic acids is 1. The van der Waals surface area contributed by atoms with E-state index in [1.807, 2.05) is 0 Å². The fourth-order valence-corrected chi connectivity index (χ4v) is 2.06. The van der Waals surface area contributed by atoms with E-state index in [-0.39, 0.29) is 12.5 Å². The van der Waals surface area contributed by atoms with Crippen molar-refractivity contribution in [1.29, 1.82) is 0 Å². The highest BCUT2D eigenvalue weighted by Crippen LogP contribution is 2.14. The van der Waals surface area contributed by atoms with Gasteiger partial charge in [-0.1, -0.05) is 17.8 Å². The van der Waals surface area contributed by atoms with E-state index >= 15 is 0 Å². The van der Waals surface area contributed by atoms with Crippen LogP contribution in [0.2, 0.25) is 0 Å². The van der Waals surface area contributed by atoms with Crippen molar-refractivity contribution < 1.29 is 14.1 Å². The van der Waals surface area contributed by atoms with Crippen LogP contribution in [0.15, 0.2) is 66.0 Å². The Morgan fingerprint density at radius 3 is 2.68 bits per heavy atom. The van der Waals surface area contributed by atoms with Crippen LogP contribution in [0.4, 0.5) is 0 Å². The van der Waals surface area contributed by atoms with Gasteiger partial charge in [-0.3, -0.25) is 9.78 Å². The number of aromatic nitrogens is 3. The number of hydrogen-bond donors (Lipinski definition) is 1. The normalized spacial score (nSPS) is 10.2. The lowest BCUT2D eigenvalue weighted by atomic mass is 10.2. The minimum atomic E-state index is -0.237. The lowest BCUT2D eigenvalue weighted by molar-refractivity contribution is 0.0946. The molecule has 0 unspecified atom stereocenters. The summed E-state index contributed by atoms with van der Waals surface area (Å²) in [6.07, 6.45) is 4.95. The van der Waals surface area contributed by atoms with Gasteiger partial charge in [0.25, 0.3) is 5.91 Å². The molecule has 0 bridgehead atoms. The predicted molar refractivity (Wildman–Crippen MR) is 90.8 cm³/mol. The average molecular weight is 336 g/mol. The Morgan fingerprint density at radius 2 is 1.96 bits per heavy atom. The molecule has 25 heavy (non-hydrogen) atoms. The van der Waals surface area contributed by atoms with Crippen molar-refractivity contribution >= 4 is 5.91 Å². The molecule has 0 fully saturated rings. The Labute approximate surface area is 144 Å². The minimum Gasteiger partial charge on any atom is -0.490 e. The summed E-state index contributed by atoms with van der Waals surface area (Å²) in [5, 5.41) is 6.63. The van der Waals surface area contributed by atoms with Crippen LogP contribution >= 0.6 is 0 Å². The van der Waals surface area contributed by atoms with Crippen molar-refractivity contribution in [3.05, 3.63) is 72.9 Å². The smallest absolute Gasteiger partial charge is 0.251 e. The second-order valence-electron chi connectivity index (χ2n) is 5.05. The van der Waals surface area contributed by atoms with Crippen LogP contribution in [0.5, 0.6) is 5.75 Å². The Hall–Kier alpha value is -3.48. The summed E-state index contributed by atoms with van der Waals surface area (Å²) < 4.78 is 10.5. The number of nitrogens with one attached hydrogen (secondary N) is 1. The summed E-state index contributed by atoms with van der Waals surface area (Å²) in [6.45, 7) is 4.15. The predicted octanol–water partition coefficient (Wildman–Crippen LogP) is 2.63. The molecule has 7 heteroatoms. The first kappa shape index (κ1) is 16.4. The lowest BCUT2D eigenvalue weighted by Gasteiger charge is -2.05. The van der Waals surface area contributed by atoms with Gasteiger partial charge in [-0.15, -0.1) is 0 Å². The number of hydrogen-bond acceptors (Lipinski definition) is 6. The van der Waals surface area contributed by atoms with Gasteiger partial charge in [0.05, 0.1) is 6.54 Å². The molecule has 0 atom stereocenters. The first-order valence-corrected chi connectivity index (χ1v) is 7.61. The average Bonchev–Trinajstić information content (AvgIpc) is 3.14. The van der Waals surface area contributed by atoms with Gasteiger partial charge in [-0.05, 0) is 36.4 Å². The lowest BCUT2D eigenvalue weighted by Crippen LogP contribution is -2.22. The highest BCUT2D eigenvalue weighted by molar-refractivity contribution is 5.94. The van der Waals surface area contributed by atoms with Crippen molar-refractivity contribution in [1.82, 2.24) is 20.4 Å². The second-order valence-corrected chi connectivity index (χ2v) is 5.05. The van der Waals surface area contributed by atoms with Crippen molar-refractivity contribution in [2.45, 2.75) is 6.54 Å². The zero-order valence-corrected chi connectivity index (χ0v) is 13.4. The third-order valence-corrected chi connectivity index (χ3v) is 3.29. The van der Waals surface area contributed by atoms with Crippen LogP contribution in [-0.4, -0.2) is 27.6 Å². The van der Waals surface area contributed by atoms with Gasteiger partial charge in [0, 0.05) is 23.5 Å². The Bertz CT molecular complexity index is 844. The first-order chi connectivity index (χ1) is 12.3. The third kappa shape index (κ3) is 4.29. The van der Waals surface area contributed by atoms with E-state index in [1.54, 1.807) is 54.9 Å². The molecule has 3 aromatic rings. The van der Waals surface area contributed by atoms with Crippen LogP contribution in [-0.2, 0) is 6.54 Å². The van der Waals surface area contributed by atoms with Gasteiger partial charge in [0.2, 0.25) is 11.7 Å². The van der Waals surface area contributed by atoms with Gasteiger partial charge in [0.1, 0.15) is 12.4 Å². The van der Waals surface area contributed by atoms with Crippen molar-refractivity contribution in [3.8, 4) is 17.1 Å². The van der Waals surface area contributed by atoms with E-state index in [1.165, 1.54) is 0 Å². The van der Waals surface area contributed by atoms with Crippen LogP contribution in [0.1, 0.15) is 16.2 Å². The van der Waals surface area contributed by atoms with Gasteiger partial charge in [0.15, 0.2) is 0 Å². The van der Waals surface area contributed by atoms with Gasteiger partial charge < -0.3 is 14.6 Å². The van der Waals surface area contributed by atoms with Crippen molar-refractivity contribution in [2.24, 2.45) is 0 Å². The van der Waals surface area contributed by atoms with E-state index in [4.69, 9.17) is 9.26 Å². The molecular formula is C18H16N4O3. The summed E-state index contributed by atoms with van der Waals surface area (Å²) in [7, 11) is 0. The number of rotatable bonds is 7. The van der Waals surface area contributed by atoms with Crippen LogP contribution in [0.25, 0.3) is 11.4 Å². The van der Waals surface area contributed by atoms with Gasteiger partial charge in [-0.25, -0.2) is 0 Å². The first-order valence-electron chi connectivity index (χ1n) is 7.61. The van der Waals surface area contributed by atoms with Crippen LogP contribution in [0.3, 0.4) is 0 Å². The maximum absolute atomic E-state index is 12.2. The van der Waals surface area contributed by atoms with E-state index < -0.39 is 0 Å². The molecule has 7 nitrogen and oxygen atoms in total. The number of ether oxygens (including phenoxy) is 1. The van der Waals surface area contributed by atoms with E-state index in [9.17, 15) is 4.79 Å². The summed E-state index contributed by atoms with van der Waals surface area (Å²) in [4.78, 5) is 20.3. The zero-order chi connectivity index (χ0) is 17.5. The molecular weight excluding hydrogens is 320 g/mol. The quantitative estimate of drug-likeness (QED) is 0.667. The molecule has 0 aliphatic rings. The summed E-state index contributed by atoms with van der Waals surface area (Å²) in [6, 6.07) is 10.4. The topological polar surface area (TPSA) is 90.1 Å². The van der Waals surface area contributed by atoms with E-state index in [2.05, 4.69) is 27.0 Å². The molecule has 0 saturated carbocycles. The Kier molecular flexibility index (Phi) is 5.16. The number of amides is 1. The van der Waals surface area contributed by atoms with Gasteiger partial charge >= 0.3 is 0 Å². The van der Waals surface area contributed by atoms with E-state index in [0.717, 1.165) is 5.56 Å². The number of carbonyl (C=O) groups is 1. The van der Waals surface area contributed by atoms with E-state index in [0.29, 0.717) is 29.6 Å². The van der Waals surface area contributed by atoms with Gasteiger partial charge in [-0.2, -0.15) is 4.98 Å². The van der Waals surface area contributed by atoms with Crippen LogP contribution < -0.4 is 10.1 Å². The maximum atomic E-state index is 12.2. The SMILES string of the molecule is C=CCOc1ccc(C(=O)NCc2nc(-c3ccncc3)no2)cc1. The molecule has 3 rings (SSSR count). The second kappa shape index (κ2) is 7.87. The fourth-order valence-electron chi connectivity index (χ4n) is 2.06. The number of pyridine rings is 1. The third-order valence-electron chi connectivity index (χ3n) is 3.29.